The van der Waals surface area contributed by atoms with E-state index in [-0.39, 0.29) is 6.04 Å². The fourth-order valence-electron chi connectivity index (χ4n) is 1.60. The third-order valence-corrected chi connectivity index (χ3v) is 2.77. The van der Waals surface area contributed by atoms with Gasteiger partial charge in [0.25, 0.3) is 0 Å². The molecule has 2 unspecified atom stereocenters. The van der Waals surface area contributed by atoms with Gasteiger partial charge in [0, 0.05) is 22.5 Å². The van der Waals surface area contributed by atoms with Gasteiger partial charge in [0.15, 0.2) is 0 Å². The predicted octanol–water partition coefficient (Wildman–Crippen LogP) is 2.16. The lowest BCUT2D eigenvalue weighted by atomic mass is 10.1. The van der Waals surface area contributed by atoms with Gasteiger partial charge in [-0.05, 0) is 18.6 Å². The number of rotatable bonds is 2. The van der Waals surface area contributed by atoms with Crippen LogP contribution in [-0.2, 0) is 0 Å². The molecule has 0 aliphatic heterocycles. The molecule has 2 nitrogen and oxygen atoms in total. The second-order valence-electron chi connectivity index (χ2n) is 3.36. The summed E-state index contributed by atoms with van der Waals surface area (Å²) in [6, 6.07) is 5.95. The quantitative estimate of drug-likeness (QED) is 0.789. The number of halogens is 1. The van der Waals surface area contributed by atoms with Gasteiger partial charge < -0.3 is 10.5 Å². The molecule has 0 amide bonds. The first kappa shape index (κ1) is 8.85. The lowest BCUT2D eigenvalue weighted by Crippen LogP contribution is -2.02. The monoisotopic (exact) mass is 197 g/mol. The number of methoxy groups -OCH3 is 1. The number of benzene rings is 1. The van der Waals surface area contributed by atoms with Gasteiger partial charge in [-0.2, -0.15) is 0 Å². The van der Waals surface area contributed by atoms with Crippen LogP contribution >= 0.6 is 11.6 Å². The molecule has 1 fully saturated rings. The molecule has 3 heteroatoms. The average Bonchev–Trinajstić information content (AvgIpc) is 2.82. The Hall–Kier alpha value is -0.730. The third kappa shape index (κ3) is 1.52. The first-order valence-corrected chi connectivity index (χ1v) is 4.70. The molecule has 2 rings (SSSR count). The maximum absolute atomic E-state index is 6.07. The molecule has 1 saturated carbocycles. The Bertz CT molecular complexity index is 327. The first-order valence-electron chi connectivity index (χ1n) is 4.32. The highest BCUT2D eigenvalue weighted by atomic mass is 35.5. The first-order chi connectivity index (χ1) is 6.24. The van der Waals surface area contributed by atoms with Crippen molar-refractivity contribution in [3.05, 3.63) is 28.8 Å². The van der Waals surface area contributed by atoms with Crippen molar-refractivity contribution in [2.45, 2.75) is 18.4 Å². The Balaban J connectivity index is 2.41. The highest BCUT2D eigenvalue weighted by molar-refractivity contribution is 6.31. The zero-order chi connectivity index (χ0) is 9.42. The van der Waals surface area contributed by atoms with Crippen molar-refractivity contribution >= 4 is 11.6 Å². The molecule has 0 saturated heterocycles. The summed E-state index contributed by atoms with van der Waals surface area (Å²) in [6.45, 7) is 0. The van der Waals surface area contributed by atoms with Crippen molar-refractivity contribution in [2.24, 2.45) is 5.73 Å². The summed E-state index contributed by atoms with van der Waals surface area (Å²) in [5, 5.41) is 0.761. The minimum Gasteiger partial charge on any atom is -0.496 e. The summed E-state index contributed by atoms with van der Waals surface area (Å²) in [5.41, 5.74) is 6.85. The van der Waals surface area contributed by atoms with Crippen molar-refractivity contribution < 1.29 is 4.74 Å². The van der Waals surface area contributed by atoms with E-state index in [2.05, 4.69) is 0 Å². The molecule has 0 aromatic heterocycles. The van der Waals surface area contributed by atoms with E-state index in [9.17, 15) is 0 Å². The highest BCUT2D eigenvalue weighted by Gasteiger charge is 2.38. The number of nitrogens with two attached hydrogens (primary N) is 1. The van der Waals surface area contributed by atoms with Crippen molar-refractivity contribution in [3.8, 4) is 5.75 Å². The molecule has 0 spiro atoms. The SMILES string of the molecule is COc1cccc(Cl)c1C1CC1N. The molecule has 0 heterocycles. The minimum atomic E-state index is 0.258. The molecule has 0 bridgehead atoms. The van der Waals surface area contributed by atoms with Gasteiger partial charge >= 0.3 is 0 Å². The summed E-state index contributed by atoms with van der Waals surface area (Å²) in [5.74, 6) is 1.24. The van der Waals surface area contributed by atoms with E-state index < -0.39 is 0 Å². The van der Waals surface area contributed by atoms with Crippen LogP contribution in [0.25, 0.3) is 0 Å². The smallest absolute Gasteiger partial charge is 0.123 e. The summed E-state index contributed by atoms with van der Waals surface area (Å²) in [6.07, 6.45) is 1.01. The molecule has 1 aromatic rings. The molecule has 1 aromatic carbocycles. The highest BCUT2D eigenvalue weighted by Crippen LogP contribution is 2.46. The average molecular weight is 198 g/mol. The normalized spacial score (nSPS) is 25.8. The van der Waals surface area contributed by atoms with Crippen LogP contribution in [0, 0.1) is 0 Å². The van der Waals surface area contributed by atoms with Gasteiger partial charge in [0.1, 0.15) is 5.75 Å². The zero-order valence-corrected chi connectivity index (χ0v) is 8.21. The molecular weight excluding hydrogens is 186 g/mol. The lowest BCUT2D eigenvalue weighted by molar-refractivity contribution is 0.409. The van der Waals surface area contributed by atoms with Crippen LogP contribution in [0.1, 0.15) is 17.9 Å². The van der Waals surface area contributed by atoms with Crippen LogP contribution in [0.4, 0.5) is 0 Å². The van der Waals surface area contributed by atoms with Crippen molar-refractivity contribution in [1.29, 1.82) is 0 Å². The van der Waals surface area contributed by atoms with Gasteiger partial charge in [-0.25, -0.2) is 0 Å². The number of hydrogen-bond acceptors (Lipinski definition) is 2. The lowest BCUT2D eigenvalue weighted by Gasteiger charge is -2.08. The van der Waals surface area contributed by atoms with Crippen LogP contribution < -0.4 is 10.5 Å². The zero-order valence-electron chi connectivity index (χ0n) is 7.46. The van der Waals surface area contributed by atoms with Crippen molar-refractivity contribution in [3.63, 3.8) is 0 Å². The van der Waals surface area contributed by atoms with E-state index in [1.54, 1.807) is 7.11 Å². The van der Waals surface area contributed by atoms with Gasteiger partial charge in [-0.15, -0.1) is 0 Å². The summed E-state index contributed by atoms with van der Waals surface area (Å²) in [4.78, 5) is 0. The molecule has 1 aliphatic rings. The van der Waals surface area contributed by atoms with Crippen molar-refractivity contribution in [1.82, 2.24) is 0 Å². The molecular formula is C10H12ClNO. The molecule has 13 heavy (non-hydrogen) atoms. The van der Waals surface area contributed by atoms with E-state index in [1.807, 2.05) is 18.2 Å². The fourth-order valence-corrected chi connectivity index (χ4v) is 1.91. The maximum atomic E-state index is 6.07. The number of hydrogen-bond donors (Lipinski definition) is 1. The van der Waals surface area contributed by atoms with E-state index in [0.717, 1.165) is 22.8 Å². The largest absolute Gasteiger partial charge is 0.496 e. The molecule has 1 aliphatic carbocycles. The second-order valence-corrected chi connectivity index (χ2v) is 3.77. The van der Waals surface area contributed by atoms with Crippen molar-refractivity contribution in [2.75, 3.05) is 7.11 Å². The van der Waals surface area contributed by atoms with Gasteiger partial charge in [-0.1, -0.05) is 17.7 Å². The summed E-state index contributed by atoms with van der Waals surface area (Å²) < 4.78 is 5.24. The van der Waals surface area contributed by atoms with Gasteiger partial charge in [0.05, 0.1) is 7.11 Å². The Kier molecular flexibility index (Phi) is 2.18. The Morgan fingerprint density at radius 3 is 2.77 bits per heavy atom. The van der Waals surface area contributed by atoms with E-state index in [4.69, 9.17) is 22.1 Å². The fraction of sp³-hybridized carbons (Fsp3) is 0.400. The van der Waals surface area contributed by atoms with Crippen LogP contribution in [0.5, 0.6) is 5.75 Å². The van der Waals surface area contributed by atoms with Crippen LogP contribution in [-0.4, -0.2) is 13.2 Å². The summed E-state index contributed by atoms with van der Waals surface area (Å²) >= 11 is 6.07. The Morgan fingerprint density at radius 1 is 1.54 bits per heavy atom. The Labute approximate surface area is 82.6 Å². The topological polar surface area (TPSA) is 35.2 Å². The standard InChI is InChI=1S/C10H12ClNO/c1-13-9-4-2-3-7(11)10(9)6-5-8(6)12/h2-4,6,8H,5,12H2,1H3. The minimum absolute atomic E-state index is 0.258. The summed E-state index contributed by atoms with van der Waals surface area (Å²) in [7, 11) is 1.66. The van der Waals surface area contributed by atoms with E-state index in [1.165, 1.54) is 0 Å². The number of ether oxygens (including phenoxy) is 1. The van der Waals surface area contributed by atoms with Crippen LogP contribution in [0.3, 0.4) is 0 Å². The molecule has 70 valence electrons. The predicted molar refractivity (Wildman–Crippen MR) is 53.3 cm³/mol. The molecule has 2 N–H and O–H groups in total. The molecule has 2 atom stereocenters. The van der Waals surface area contributed by atoms with E-state index in [0.29, 0.717) is 5.92 Å². The maximum Gasteiger partial charge on any atom is 0.123 e. The Morgan fingerprint density at radius 2 is 2.23 bits per heavy atom. The van der Waals surface area contributed by atoms with Gasteiger partial charge in [0.2, 0.25) is 0 Å². The van der Waals surface area contributed by atoms with Crippen LogP contribution in [0.15, 0.2) is 18.2 Å². The van der Waals surface area contributed by atoms with Crippen LogP contribution in [0.2, 0.25) is 5.02 Å². The third-order valence-electron chi connectivity index (χ3n) is 2.44. The molecule has 0 radical (unpaired) electrons. The van der Waals surface area contributed by atoms with E-state index >= 15 is 0 Å². The van der Waals surface area contributed by atoms with Gasteiger partial charge in [-0.3, -0.25) is 0 Å². The second kappa shape index (κ2) is 3.20.